The average Bonchev–Trinajstić information content (AvgIpc) is 2.59. The van der Waals surface area contributed by atoms with Crippen LogP contribution in [0.25, 0.3) is 5.43 Å². The molecule has 1 aliphatic heterocycles. The summed E-state index contributed by atoms with van der Waals surface area (Å²) in [6.45, 7) is 0. The van der Waals surface area contributed by atoms with Gasteiger partial charge >= 0.3 is 0 Å². The molecule has 3 nitrogen and oxygen atoms in total. The Bertz CT molecular complexity index is 244. The van der Waals surface area contributed by atoms with Crippen LogP contribution in [0.15, 0.2) is 40.7 Å². The molecule has 0 aromatic heterocycles. The normalized spacial score (nSPS) is 20.0. The second kappa shape index (κ2) is 2.02. The third-order valence-electron chi connectivity index (χ3n) is 1.37. The predicted molar refractivity (Wildman–Crippen MR) is 40.3 cm³/mol. The third-order valence-corrected chi connectivity index (χ3v) is 1.37. The lowest BCUT2D eigenvalue weighted by atomic mass is 10.2. The van der Waals surface area contributed by atoms with Crippen molar-refractivity contribution < 1.29 is 0 Å². The lowest BCUT2D eigenvalue weighted by Crippen LogP contribution is -1.88. The number of rotatable bonds is 0. The summed E-state index contributed by atoms with van der Waals surface area (Å²) in [5, 5.41) is 3.74. The Morgan fingerprint density at radius 3 is 2.70 bits per heavy atom. The van der Waals surface area contributed by atoms with Crippen LogP contribution in [0.1, 0.15) is 0 Å². The average molecular weight is 132 g/mol. The van der Waals surface area contributed by atoms with Gasteiger partial charge < -0.3 is 11.0 Å². The van der Waals surface area contributed by atoms with Gasteiger partial charge in [0.15, 0.2) is 0 Å². The van der Waals surface area contributed by atoms with Crippen molar-refractivity contribution in [1.29, 1.82) is 0 Å². The Morgan fingerprint density at radius 2 is 2.10 bits per heavy atom. The molecule has 10 heavy (non-hydrogen) atoms. The Hall–Kier alpha value is -1.51. The van der Waals surface area contributed by atoms with Crippen LogP contribution in [-0.4, -0.2) is 6.21 Å². The van der Waals surface area contributed by atoms with Gasteiger partial charge in [0.05, 0.1) is 0 Å². The van der Waals surface area contributed by atoms with E-state index >= 15 is 0 Å². The zero-order valence-electron chi connectivity index (χ0n) is 5.28. The van der Waals surface area contributed by atoms with Gasteiger partial charge in [0.2, 0.25) is 0 Å². The van der Waals surface area contributed by atoms with E-state index in [0.29, 0.717) is 0 Å². The molecule has 0 saturated carbocycles. The van der Waals surface area contributed by atoms with Gasteiger partial charge in [-0.15, -0.1) is 0 Å². The minimum atomic E-state index is 0.894. The van der Waals surface area contributed by atoms with Crippen LogP contribution in [0, 0.1) is 0 Å². The second-order valence-electron chi connectivity index (χ2n) is 2.03. The quantitative estimate of drug-likeness (QED) is 0.529. The van der Waals surface area contributed by atoms with E-state index in [2.05, 4.69) is 16.1 Å². The van der Waals surface area contributed by atoms with E-state index in [4.69, 9.17) is 0 Å². The molecule has 1 aliphatic carbocycles. The predicted octanol–water partition coefficient (Wildman–Crippen LogP) is 1.24. The highest BCUT2D eigenvalue weighted by Gasteiger charge is 1.94. The SMILES string of the molecule is C1=CC(=C2C=NN[N-]2)C=C1. The topological polar surface area (TPSA) is 38.5 Å². The molecule has 2 aliphatic rings. The smallest absolute Gasteiger partial charge is 0.0324 e. The molecule has 0 fully saturated rings. The van der Waals surface area contributed by atoms with Gasteiger partial charge in [0.1, 0.15) is 0 Å². The van der Waals surface area contributed by atoms with E-state index in [9.17, 15) is 0 Å². The maximum Gasteiger partial charge on any atom is 0.0324 e. The minimum absolute atomic E-state index is 0.894. The molecule has 0 amide bonds. The van der Waals surface area contributed by atoms with E-state index in [0.717, 1.165) is 11.3 Å². The molecule has 0 bridgehead atoms. The molecule has 0 atom stereocenters. The van der Waals surface area contributed by atoms with E-state index in [1.165, 1.54) is 0 Å². The third kappa shape index (κ3) is 0.719. The highest BCUT2D eigenvalue weighted by Crippen LogP contribution is 2.17. The van der Waals surface area contributed by atoms with Crippen LogP contribution in [0.3, 0.4) is 0 Å². The Kier molecular flexibility index (Phi) is 1.07. The molecule has 1 N–H and O–H groups in total. The summed E-state index contributed by atoms with van der Waals surface area (Å²) in [5.41, 5.74) is 8.44. The fraction of sp³-hybridized carbons (Fsp3) is 0. The maximum absolute atomic E-state index is 3.92. The Morgan fingerprint density at radius 1 is 1.30 bits per heavy atom. The fourth-order valence-corrected chi connectivity index (χ4v) is 0.885. The second-order valence-corrected chi connectivity index (χ2v) is 2.03. The van der Waals surface area contributed by atoms with Crippen molar-refractivity contribution in [1.82, 2.24) is 5.53 Å². The number of hydrogen-bond acceptors (Lipinski definition) is 2. The van der Waals surface area contributed by atoms with Gasteiger partial charge in [-0.1, -0.05) is 30.0 Å². The summed E-state index contributed by atoms with van der Waals surface area (Å²) >= 11 is 0. The van der Waals surface area contributed by atoms with Crippen LogP contribution in [0.4, 0.5) is 0 Å². The van der Waals surface area contributed by atoms with E-state index in [-0.39, 0.29) is 0 Å². The Balaban J connectivity index is 2.36. The fourth-order valence-electron chi connectivity index (χ4n) is 0.885. The highest BCUT2D eigenvalue weighted by atomic mass is 15.6. The van der Waals surface area contributed by atoms with Crippen LogP contribution >= 0.6 is 0 Å². The first kappa shape index (κ1) is 5.29. The molecule has 2 rings (SSSR count). The van der Waals surface area contributed by atoms with Gasteiger partial charge in [-0.2, -0.15) is 0 Å². The summed E-state index contributed by atoms with van der Waals surface area (Å²) in [4.78, 5) is 0. The van der Waals surface area contributed by atoms with Crippen LogP contribution in [-0.2, 0) is 0 Å². The summed E-state index contributed by atoms with van der Waals surface area (Å²) in [5.74, 6) is 0. The maximum atomic E-state index is 3.92. The summed E-state index contributed by atoms with van der Waals surface area (Å²) in [7, 11) is 0. The molecule has 0 aromatic carbocycles. The minimum Gasteiger partial charge on any atom is -0.578 e. The van der Waals surface area contributed by atoms with Crippen molar-refractivity contribution >= 4 is 6.21 Å². The van der Waals surface area contributed by atoms with Gasteiger partial charge in [-0.3, -0.25) is 0 Å². The van der Waals surface area contributed by atoms with Crippen LogP contribution in [0.2, 0.25) is 0 Å². The number of hydrazone groups is 1. The largest absolute Gasteiger partial charge is 0.578 e. The molecule has 0 saturated heterocycles. The van der Waals surface area contributed by atoms with Crippen molar-refractivity contribution in [3.05, 3.63) is 41.0 Å². The lowest BCUT2D eigenvalue weighted by Gasteiger charge is -2.13. The number of hydrogen-bond donors (Lipinski definition) is 1. The summed E-state index contributed by atoms with van der Waals surface area (Å²) < 4.78 is 0. The first-order valence-electron chi connectivity index (χ1n) is 3.05. The van der Waals surface area contributed by atoms with Crippen molar-refractivity contribution in [3.8, 4) is 0 Å². The van der Waals surface area contributed by atoms with Crippen LogP contribution in [0.5, 0.6) is 0 Å². The summed E-state index contributed by atoms with van der Waals surface area (Å²) in [6, 6.07) is 0. The first-order chi connectivity index (χ1) is 4.97. The van der Waals surface area contributed by atoms with Crippen molar-refractivity contribution in [2.75, 3.05) is 0 Å². The first-order valence-corrected chi connectivity index (χ1v) is 3.05. The van der Waals surface area contributed by atoms with Crippen molar-refractivity contribution in [2.45, 2.75) is 0 Å². The number of nitrogens with one attached hydrogen (secondary N) is 1. The number of allylic oxidation sites excluding steroid dienone is 6. The standard InChI is InChI=1S/C7H6N3/c1-2-4-6(3-1)7-5-8-10-9-7/h1-5,10H/q-1. The highest BCUT2D eigenvalue weighted by molar-refractivity contribution is 5.86. The van der Waals surface area contributed by atoms with Gasteiger partial charge in [0, 0.05) is 6.21 Å². The molecule has 1 heterocycles. The van der Waals surface area contributed by atoms with E-state index < -0.39 is 0 Å². The number of nitrogens with zero attached hydrogens (tertiary/aromatic N) is 2. The lowest BCUT2D eigenvalue weighted by molar-refractivity contribution is 0.961. The van der Waals surface area contributed by atoms with Gasteiger partial charge in [-0.05, 0) is 5.57 Å². The molecule has 0 radical (unpaired) electrons. The molecular formula is C7H6N3-. The van der Waals surface area contributed by atoms with Crippen molar-refractivity contribution in [2.24, 2.45) is 5.10 Å². The molecule has 0 aromatic rings. The van der Waals surface area contributed by atoms with E-state index in [1.807, 2.05) is 24.3 Å². The Labute approximate surface area is 58.8 Å². The summed E-state index contributed by atoms with van der Waals surface area (Å²) in [6.07, 6.45) is 9.65. The van der Waals surface area contributed by atoms with E-state index in [1.54, 1.807) is 6.21 Å². The van der Waals surface area contributed by atoms with Crippen LogP contribution < -0.4 is 5.53 Å². The molecule has 0 spiro atoms. The molecule has 3 heteroatoms. The van der Waals surface area contributed by atoms with Crippen molar-refractivity contribution in [3.63, 3.8) is 0 Å². The zero-order chi connectivity index (χ0) is 6.81. The monoisotopic (exact) mass is 132 g/mol. The molecule has 0 unspecified atom stereocenters. The zero-order valence-corrected chi connectivity index (χ0v) is 5.28. The van der Waals surface area contributed by atoms with Gasteiger partial charge in [0.25, 0.3) is 0 Å². The van der Waals surface area contributed by atoms with Gasteiger partial charge in [-0.25, -0.2) is 5.10 Å². The molecular weight excluding hydrogens is 126 g/mol. The molecule has 50 valence electrons.